The van der Waals surface area contributed by atoms with E-state index in [1.54, 1.807) is 6.92 Å². The first-order valence-electron chi connectivity index (χ1n) is 12.6. The van der Waals surface area contributed by atoms with Gasteiger partial charge in [-0.2, -0.15) is 0 Å². The number of likely N-dealkylation sites (N-methyl/N-ethyl adjacent to an activating group) is 1. The standard InChI is InChI=1S/C28H29F2N3O6S/c1-3-24(28(35)31-2)32(17-19-4-6-20(29)7-5-19)27(34)18-33(22-10-8-21(30)9-11-22)40(36,37)23-12-13-25-26(16-23)39-15-14-38-25/h4-13,16,24H,3,14-15,17-18H2,1-2H3,(H,31,35)/t24-/m0/s1. The lowest BCUT2D eigenvalue weighted by atomic mass is 10.1. The predicted octanol–water partition coefficient (Wildman–Crippen LogP) is 3.48. The summed E-state index contributed by atoms with van der Waals surface area (Å²) in [6.07, 6.45) is 0.234. The summed E-state index contributed by atoms with van der Waals surface area (Å²) in [5, 5.41) is 2.53. The molecule has 0 unspecified atom stereocenters. The zero-order valence-corrected chi connectivity index (χ0v) is 22.8. The molecule has 0 radical (unpaired) electrons. The normalized spacial score (nSPS) is 13.3. The predicted molar refractivity (Wildman–Crippen MR) is 143 cm³/mol. The number of sulfonamides is 1. The zero-order valence-electron chi connectivity index (χ0n) is 22.0. The maximum Gasteiger partial charge on any atom is 0.264 e. The smallest absolute Gasteiger partial charge is 0.264 e. The minimum atomic E-state index is -4.39. The van der Waals surface area contributed by atoms with E-state index in [-0.39, 0.29) is 35.9 Å². The topological polar surface area (TPSA) is 105 Å². The molecule has 3 aromatic carbocycles. The fourth-order valence-electron chi connectivity index (χ4n) is 4.32. The molecule has 0 saturated carbocycles. The monoisotopic (exact) mass is 573 g/mol. The van der Waals surface area contributed by atoms with Crippen molar-refractivity contribution in [2.45, 2.75) is 30.8 Å². The van der Waals surface area contributed by atoms with E-state index in [0.717, 1.165) is 16.4 Å². The first kappa shape index (κ1) is 28.8. The van der Waals surface area contributed by atoms with Gasteiger partial charge in [0.1, 0.15) is 37.4 Å². The average molecular weight is 574 g/mol. The van der Waals surface area contributed by atoms with Crippen LogP contribution < -0.4 is 19.1 Å². The van der Waals surface area contributed by atoms with Crippen LogP contribution in [0.4, 0.5) is 14.5 Å². The van der Waals surface area contributed by atoms with Gasteiger partial charge in [-0.1, -0.05) is 19.1 Å². The number of carbonyl (C=O) groups excluding carboxylic acids is 2. The van der Waals surface area contributed by atoms with E-state index in [2.05, 4.69) is 5.32 Å². The highest BCUT2D eigenvalue weighted by atomic mass is 32.2. The van der Waals surface area contributed by atoms with Gasteiger partial charge < -0.3 is 19.7 Å². The number of ether oxygens (including phenoxy) is 2. The van der Waals surface area contributed by atoms with Crippen molar-refractivity contribution in [3.8, 4) is 11.5 Å². The number of halogens is 2. The molecule has 0 aliphatic carbocycles. The molecule has 9 nitrogen and oxygen atoms in total. The third-order valence-corrected chi connectivity index (χ3v) is 8.16. The molecule has 1 aliphatic rings. The van der Waals surface area contributed by atoms with Crippen molar-refractivity contribution in [1.29, 1.82) is 0 Å². The highest BCUT2D eigenvalue weighted by Gasteiger charge is 2.34. The van der Waals surface area contributed by atoms with Crippen molar-refractivity contribution in [2.24, 2.45) is 0 Å². The number of carbonyl (C=O) groups is 2. The number of hydrogen-bond acceptors (Lipinski definition) is 6. The number of benzene rings is 3. The maximum absolute atomic E-state index is 13.9. The number of hydrogen-bond donors (Lipinski definition) is 1. The molecule has 1 aliphatic heterocycles. The summed E-state index contributed by atoms with van der Waals surface area (Å²) < 4.78 is 67.0. The van der Waals surface area contributed by atoms with Crippen molar-refractivity contribution in [1.82, 2.24) is 10.2 Å². The van der Waals surface area contributed by atoms with Crippen LogP contribution in [-0.4, -0.2) is 58.0 Å². The summed E-state index contributed by atoms with van der Waals surface area (Å²) >= 11 is 0. The Bertz CT molecular complexity index is 1470. The lowest BCUT2D eigenvalue weighted by molar-refractivity contribution is -0.140. The van der Waals surface area contributed by atoms with Gasteiger partial charge in [0.25, 0.3) is 10.0 Å². The van der Waals surface area contributed by atoms with E-state index in [1.807, 2.05) is 0 Å². The van der Waals surface area contributed by atoms with Gasteiger partial charge in [0.15, 0.2) is 11.5 Å². The Labute approximate surface area is 231 Å². The van der Waals surface area contributed by atoms with Crippen molar-refractivity contribution in [3.63, 3.8) is 0 Å². The van der Waals surface area contributed by atoms with Gasteiger partial charge in [-0.3, -0.25) is 13.9 Å². The second kappa shape index (κ2) is 12.3. The van der Waals surface area contributed by atoms with Gasteiger partial charge >= 0.3 is 0 Å². The van der Waals surface area contributed by atoms with E-state index in [4.69, 9.17) is 9.47 Å². The van der Waals surface area contributed by atoms with Gasteiger partial charge in [-0.15, -0.1) is 0 Å². The van der Waals surface area contributed by atoms with Crippen LogP contribution in [0, 0.1) is 11.6 Å². The van der Waals surface area contributed by atoms with Crippen LogP contribution in [0.5, 0.6) is 11.5 Å². The second-order valence-electron chi connectivity index (χ2n) is 8.98. The number of nitrogens with one attached hydrogen (secondary N) is 1. The molecule has 212 valence electrons. The van der Waals surface area contributed by atoms with Gasteiger partial charge in [-0.05, 0) is 60.5 Å². The van der Waals surface area contributed by atoms with Crippen LogP contribution >= 0.6 is 0 Å². The lowest BCUT2D eigenvalue weighted by Crippen LogP contribution is -2.51. The zero-order chi connectivity index (χ0) is 28.9. The fourth-order valence-corrected chi connectivity index (χ4v) is 5.75. The van der Waals surface area contributed by atoms with Gasteiger partial charge in [0.05, 0.1) is 10.6 Å². The van der Waals surface area contributed by atoms with Crippen molar-refractivity contribution >= 4 is 27.5 Å². The van der Waals surface area contributed by atoms with E-state index in [9.17, 15) is 26.8 Å². The summed E-state index contributed by atoms with van der Waals surface area (Å²) in [5.74, 6) is -1.56. The molecule has 40 heavy (non-hydrogen) atoms. The van der Waals surface area contributed by atoms with Crippen LogP contribution in [-0.2, 0) is 26.2 Å². The summed E-state index contributed by atoms with van der Waals surface area (Å²) in [4.78, 5) is 27.6. The minimum Gasteiger partial charge on any atom is -0.486 e. The quantitative estimate of drug-likeness (QED) is 0.398. The van der Waals surface area contributed by atoms with E-state index < -0.39 is 46.1 Å². The molecule has 4 rings (SSSR count). The second-order valence-corrected chi connectivity index (χ2v) is 10.8. The molecule has 0 bridgehead atoms. The molecular formula is C28H29F2N3O6S. The van der Waals surface area contributed by atoms with E-state index in [0.29, 0.717) is 17.9 Å². The highest BCUT2D eigenvalue weighted by Crippen LogP contribution is 2.34. The fraction of sp³-hybridized carbons (Fsp3) is 0.286. The molecule has 0 saturated heterocycles. The molecule has 1 heterocycles. The molecule has 1 N–H and O–H groups in total. The van der Waals surface area contributed by atoms with Gasteiger partial charge in [0.2, 0.25) is 11.8 Å². The Kier molecular flexibility index (Phi) is 8.88. The lowest BCUT2D eigenvalue weighted by Gasteiger charge is -2.33. The largest absolute Gasteiger partial charge is 0.486 e. The van der Waals surface area contributed by atoms with E-state index >= 15 is 0 Å². The van der Waals surface area contributed by atoms with Crippen molar-refractivity contribution in [3.05, 3.63) is 83.9 Å². The van der Waals surface area contributed by atoms with E-state index in [1.165, 1.54) is 66.5 Å². The average Bonchev–Trinajstić information content (AvgIpc) is 2.96. The number of rotatable bonds is 10. The first-order chi connectivity index (χ1) is 19.1. The van der Waals surface area contributed by atoms with Crippen molar-refractivity contribution in [2.75, 3.05) is 31.1 Å². The summed E-state index contributed by atoms with van der Waals surface area (Å²) in [6.45, 7) is 1.51. The molecular weight excluding hydrogens is 544 g/mol. The Morgan fingerprint density at radius 1 is 0.925 bits per heavy atom. The van der Waals surface area contributed by atoms with Gasteiger partial charge in [0, 0.05) is 19.7 Å². The molecule has 2 amide bonds. The molecule has 1 atom stereocenters. The van der Waals surface area contributed by atoms with Gasteiger partial charge in [-0.25, -0.2) is 17.2 Å². The van der Waals surface area contributed by atoms with Crippen LogP contribution in [0.3, 0.4) is 0 Å². The molecule has 0 spiro atoms. The third-order valence-electron chi connectivity index (χ3n) is 6.39. The minimum absolute atomic E-state index is 0.0411. The summed E-state index contributed by atoms with van der Waals surface area (Å²) in [6, 6.07) is 13.3. The van der Waals surface area contributed by atoms with Crippen LogP contribution in [0.15, 0.2) is 71.6 Å². The maximum atomic E-state index is 13.9. The highest BCUT2D eigenvalue weighted by molar-refractivity contribution is 7.92. The SMILES string of the molecule is CC[C@@H](C(=O)NC)N(Cc1ccc(F)cc1)C(=O)CN(c1ccc(F)cc1)S(=O)(=O)c1ccc2c(c1)OCCO2. The number of amides is 2. The molecule has 3 aromatic rings. The molecule has 0 aromatic heterocycles. The number of anilines is 1. The number of nitrogens with zero attached hydrogens (tertiary/aromatic N) is 2. The third kappa shape index (κ3) is 6.33. The summed E-state index contributed by atoms with van der Waals surface area (Å²) in [5.41, 5.74) is 0.583. The van der Waals surface area contributed by atoms with Crippen LogP contribution in [0.1, 0.15) is 18.9 Å². The Morgan fingerprint density at radius 3 is 2.12 bits per heavy atom. The number of fused-ring (bicyclic) bond motifs is 1. The molecule has 12 heteroatoms. The Morgan fingerprint density at radius 2 is 1.52 bits per heavy atom. The van der Waals surface area contributed by atoms with Crippen molar-refractivity contribution < 1.29 is 36.3 Å². The Balaban J connectivity index is 1.74. The van der Waals surface area contributed by atoms with Crippen LogP contribution in [0.25, 0.3) is 0 Å². The Hall–Kier alpha value is -4.19. The first-order valence-corrected chi connectivity index (χ1v) is 14.0. The van der Waals surface area contributed by atoms with Crippen LogP contribution in [0.2, 0.25) is 0 Å². The molecule has 0 fully saturated rings. The summed E-state index contributed by atoms with van der Waals surface area (Å²) in [7, 11) is -2.95.